The highest BCUT2D eigenvalue weighted by Crippen LogP contribution is 2.19. The molecule has 7 nitrogen and oxygen atoms in total. The molecule has 2 heterocycles. The average molecular weight is 284 g/mol. The van der Waals surface area contributed by atoms with Gasteiger partial charge >= 0.3 is 0 Å². The fourth-order valence-corrected chi connectivity index (χ4v) is 3.74. The number of amides is 1. The molecule has 0 spiro atoms. The Morgan fingerprint density at radius 1 is 1.42 bits per heavy atom. The maximum Gasteiger partial charge on any atom is 0.271 e. The number of nitrogens with one attached hydrogen (secondary N) is 2. The van der Waals surface area contributed by atoms with Gasteiger partial charge in [0, 0.05) is 13.6 Å². The first-order valence-corrected chi connectivity index (χ1v) is 7.76. The Labute approximate surface area is 111 Å². The zero-order valence-electron chi connectivity index (χ0n) is 10.6. The van der Waals surface area contributed by atoms with Gasteiger partial charge in [0.25, 0.3) is 5.91 Å². The van der Waals surface area contributed by atoms with Crippen molar-refractivity contribution >= 4 is 21.6 Å². The topological polar surface area (TPSA) is 101 Å². The van der Waals surface area contributed by atoms with Crippen LogP contribution >= 0.6 is 0 Å². The van der Waals surface area contributed by atoms with E-state index in [4.69, 9.17) is 0 Å². The fraction of sp³-hybridized carbons (Fsp3) is 0.545. The van der Waals surface area contributed by atoms with Crippen molar-refractivity contribution in [2.75, 3.05) is 24.7 Å². The Kier molecular flexibility index (Phi) is 3.98. The molecule has 0 bridgehead atoms. The van der Waals surface area contributed by atoms with Crippen LogP contribution in [0.15, 0.2) is 12.1 Å². The van der Waals surface area contributed by atoms with E-state index < -0.39 is 21.0 Å². The largest absolute Gasteiger partial charge is 0.372 e. The van der Waals surface area contributed by atoms with Crippen LogP contribution in [0.5, 0.6) is 0 Å². The number of rotatable bonds is 4. The monoisotopic (exact) mass is 284 g/mol. The maximum atomic E-state index is 11.8. The molecule has 2 N–H and O–H groups in total. The molecule has 1 fully saturated rings. The standard InChI is InChI=1S/C11H16N4O3S/c1-12-10-5-4-9(14-15-10)11(16)13-7-8-3-2-6-19(8,17)18/h4-5,8H,2-3,6-7H2,1H3,(H,12,15)(H,13,16). The molecule has 0 saturated carbocycles. The lowest BCUT2D eigenvalue weighted by Gasteiger charge is -2.10. The Balaban J connectivity index is 1.94. The first-order chi connectivity index (χ1) is 9.03. The van der Waals surface area contributed by atoms with Crippen LogP contribution in [0.3, 0.4) is 0 Å². The molecule has 1 atom stereocenters. The maximum absolute atomic E-state index is 11.8. The van der Waals surface area contributed by atoms with Crippen molar-refractivity contribution in [2.45, 2.75) is 18.1 Å². The summed E-state index contributed by atoms with van der Waals surface area (Å²) in [5.74, 6) is 0.372. The van der Waals surface area contributed by atoms with Crippen LogP contribution in [0.25, 0.3) is 0 Å². The van der Waals surface area contributed by atoms with Crippen LogP contribution in [0.4, 0.5) is 5.82 Å². The number of aromatic nitrogens is 2. The Bertz CT molecular complexity index is 556. The quantitative estimate of drug-likeness (QED) is 0.795. The predicted molar refractivity (Wildman–Crippen MR) is 70.7 cm³/mol. The third kappa shape index (κ3) is 3.19. The summed E-state index contributed by atoms with van der Waals surface area (Å²) in [6.45, 7) is 0.136. The third-order valence-electron chi connectivity index (χ3n) is 3.11. The number of carbonyl (C=O) groups excluding carboxylic acids is 1. The van der Waals surface area contributed by atoms with Gasteiger partial charge in [-0.15, -0.1) is 10.2 Å². The molecule has 0 aromatic carbocycles. The van der Waals surface area contributed by atoms with Crippen molar-refractivity contribution in [1.29, 1.82) is 0 Å². The summed E-state index contributed by atoms with van der Waals surface area (Å²) in [7, 11) is -1.33. The second-order valence-corrected chi connectivity index (χ2v) is 6.80. The highest BCUT2D eigenvalue weighted by Gasteiger charge is 2.31. The van der Waals surface area contributed by atoms with E-state index in [9.17, 15) is 13.2 Å². The normalized spacial score (nSPS) is 21.0. The smallest absolute Gasteiger partial charge is 0.271 e. The van der Waals surface area contributed by atoms with E-state index in [0.717, 1.165) is 0 Å². The summed E-state index contributed by atoms with van der Waals surface area (Å²) in [6.07, 6.45) is 1.27. The predicted octanol–water partition coefficient (Wildman–Crippen LogP) is -0.175. The number of hydrogen-bond acceptors (Lipinski definition) is 6. The fourth-order valence-electron chi connectivity index (χ4n) is 1.97. The van der Waals surface area contributed by atoms with Gasteiger partial charge in [0.05, 0.1) is 11.0 Å². The average Bonchev–Trinajstić information content (AvgIpc) is 2.75. The Hall–Kier alpha value is -1.70. The van der Waals surface area contributed by atoms with E-state index in [0.29, 0.717) is 18.7 Å². The molecule has 1 amide bonds. The third-order valence-corrected chi connectivity index (χ3v) is 5.38. The number of carbonyl (C=O) groups is 1. The number of nitrogens with zero attached hydrogens (tertiary/aromatic N) is 2. The lowest BCUT2D eigenvalue weighted by atomic mass is 10.2. The lowest BCUT2D eigenvalue weighted by Crippen LogP contribution is -2.35. The minimum absolute atomic E-state index is 0.136. The molecular weight excluding hydrogens is 268 g/mol. The molecule has 1 aliphatic heterocycles. The second-order valence-electron chi connectivity index (χ2n) is 4.40. The van der Waals surface area contributed by atoms with Crippen molar-refractivity contribution in [3.8, 4) is 0 Å². The van der Waals surface area contributed by atoms with Crippen LogP contribution in [0, 0.1) is 0 Å². The van der Waals surface area contributed by atoms with E-state index in [-0.39, 0.29) is 18.0 Å². The van der Waals surface area contributed by atoms with Crippen LogP contribution in [0.2, 0.25) is 0 Å². The summed E-state index contributed by atoms with van der Waals surface area (Å²) in [6, 6.07) is 3.17. The summed E-state index contributed by atoms with van der Waals surface area (Å²) in [4.78, 5) is 11.8. The highest BCUT2D eigenvalue weighted by molar-refractivity contribution is 7.92. The molecule has 8 heteroatoms. The molecule has 0 aliphatic carbocycles. The zero-order chi connectivity index (χ0) is 13.9. The van der Waals surface area contributed by atoms with Gasteiger partial charge in [0.1, 0.15) is 5.82 Å². The van der Waals surface area contributed by atoms with Crippen molar-refractivity contribution in [2.24, 2.45) is 0 Å². The molecule has 1 saturated heterocycles. The van der Waals surface area contributed by atoms with E-state index in [1.807, 2.05) is 0 Å². The summed E-state index contributed by atoms with van der Waals surface area (Å²) in [5, 5.41) is 12.5. The first-order valence-electron chi connectivity index (χ1n) is 6.04. The molecule has 1 unspecified atom stereocenters. The molecule has 104 valence electrons. The molecule has 1 aromatic heterocycles. The van der Waals surface area contributed by atoms with Gasteiger partial charge in [-0.3, -0.25) is 4.79 Å². The molecule has 19 heavy (non-hydrogen) atoms. The van der Waals surface area contributed by atoms with E-state index in [1.54, 1.807) is 13.1 Å². The Morgan fingerprint density at radius 3 is 2.74 bits per heavy atom. The van der Waals surface area contributed by atoms with Gasteiger partial charge in [-0.25, -0.2) is 8.42 Å². The van der Waals surface area contributed by atoms with Crippen molar-refractivity contribution in [1.82, 2.24) is 15.5 Å². The van der Waals surface area contributed by atoms with E-state index >= 15 is 0 Å². The number of anilines is 1. The van der Waals surface area contributed by atoms with Crippen molar-refractivity contribution in [3.63, 3.8) is 0 Å². The van der Waals surface area contributed by atoms with Gasteiger partial charge in [-0.2, -0.15) is 0 Å². The number of sulfone groups is 1. The van der Waals surface area contributed by atoms with E-state index in [1.165, 1.54) is 6.07 Å². The zero-order valence-corrected chi connectivity index (χ0v) is 11.4. The van der Waals surface area contributed by atoms with Crippen LogP contribution < -0.4 is 10.6 Å². The summed E-state index contributed by atoms with van der Waals surface area (Å²) >= 11 is 0. The molecule has 1 aliphatic rings. The molecule has 0 radical (unpaired) electrons. The molecule has 2 rings (SSSR count). The van der Waals surface area contributed by atoms with Gasteiger partial charge in [-0.1, -0.05) is 0 Å². The first kappa shape index (κ1) is 13.7. The number of hydrogen-bond donors (Lipinski definition) is 2. The van der Waals surface area contributed by atoms with Gasteiger partial charge in [-0.05, 0) is 25.0 Å². The van der Waals surface area contributed by atoms with Crippen molar-refractivity contribution < 1.29 is 13.2 Å². The van der Waals surface area contributed by atoms with E-state index in [2.05, 4.69) is 20.8 Å². The van der Waals surface area contributed by atoms with Gasteiger partial charge in [0.15, 0.2) is 15.5 Å². The molecule has 1 aromatic rings. The highest BCUT2D eigenvalue weighted by atomic mass is 32.2. The summed E-state index contributed by atoms with van der Waals surface area (Å²) in [5.41, 5.74) is 0.175. The summed E-state index contributed by atoms with van der Waals surface area (Å²) < 4.78 is 23.2. The van der Waals surface area contributed by atoms with Gasteiger partial charge < -0.3 is 10.6 Å². The van der Waals surface area contributed by atoms with Gasteiger partial charge in [0.2, 0.25) is 0 Å². The molecular formula is C11H16N4O3S. The Morgan fingerprint density at radius 2 is 2.21 bits per heavy atom. The van der Waals surface area contributed by atoms with Crippen molar-refractivity contribution in [3.05, 3.63) is 17.8 Å². The van der Waals surface area contributed by atoms with Crippen LogP contribution in [-0.4, -0.2) is 49.1 Å². The minimum atomic E-state index is -3.04. The lowest BCUT2D eigenvalue weighted by molar-refractivity contribution is 0.0947. The van der Waals surface area contributed by atoms with Crippen LogP contribution in [-0.2, 0) is 9.84 Å². The SMILES string of the molecule is CNc1ccc(C(=O)NCC2CCCS2(=O)=O)nn1. The van der Waals surface area contributed by atoms with Crippen LogP contribution in [0.1, 0.15) is 23.3 Å². The second kappa shape index (κ2) is 5.52. The minimum Gasteiger partial charge on any atom is -0.372 e.